The van der Waals surface area contributed by atoms with Crippen molar-refractivity contribution in [3.8, 4) is 11.5 Å². The van der Waals surface area contributed by atoms with Gasteiger partial charge in [0, 0.05) is 25.8 Å². The molecule has 0 saturated carbocycles. The average Bonchev–Trinajstić information content (AvgIpc) is 2.33. The summed E-state index contributed by atoms with van der Waals surface area (Å²) in [5, 5.41) is 18.5. The van der Waals surface area contributed by atoms with Gasteiger partial charge < -0.3 is 19.8 Å². The van der Waals surface area contributed by atoms with Gasteiger partial charge in [-0.15, -0.1) is 0 Å². The van der Waals surface area contributed by atoms with Gasteiger partial charge in [0.05, 0.1) is 6.61 Å². The molecule has 0 aliphatic rings. The Balaban J connectivity index is 2.82. The predicted octanol–water partition coefficient (Wildman–Crippen LogP) is 1.21. The molecule has 0 aromatic heterocycles. The van der Waals surface area contributed by atoms with Gasteiger partial charge in [0.2, 0.25) is 0 Å². The van der Waals surface area contributed by atoms with Crippen LogP contribution in [0.2, 0.25) is 0 Å². The maximum Gasteiger partial charge on any atom is 0.254 e. The number of benzene rings is 1. The molecule has 0 aliphatic carbocycles. The molecule has 0 atom stereocenters. The van der Waals surface area contributed by atoms with Crippen LogP contribution in [0.1, 0.15) is 17.3 Å². The number of carbonyl (C=O) groups is 1. The molecule has 1 rings (SSSR count). The second-order valence-electron chi connectivity index (χ2n) is 3.58. The van der Waals surface area contributed by atoms with E-state index in [1.807, 2.05) is 6.92 Å². The number of aromatic hydroxyl groups is 2. The topological polar surface area (TPSA) is 70.0 Å². The van der Waals surface area contributed by atoms with Gasteiger partial charge in [-0.1, -0.05) is 0 Å². The highest BCUT2D eigenvalue weighted by atomic mass is 16.5. The number of phenols is 2. The van der Waals surface area contributed by atoms with Gasteiger partial charge in [-0.05, 0) is 25.1 Å². The van der Waals surface area contributed by atoms with E-state index in [4.69, 9.17) is 9.84 Å². The number of amides is 1. The van der Waals surface area contributed by atoms with Crippen molar-refractivity contribution in [1.82, 2.24) is 4.90 Å². The van der Waals surface area contributed by atoms with Crippen molar-refractivity contribution in [2.45, 2.75) is 6.92 Å². The minimum atomic E-state index is -0.293. The minimum absolute atomic E-state index is 0.195. The van der Waals surface area contributed by atoms with Crippen LogP contribution in [0.4, 0.5) is 0 Å². The molecule has 5 heteroatoms. The summed E-state index contributed by atoms with van der Waals surface area (Å²) in [4.78, 5) is 13.6. The first-order chi connectivity index (χ1) is 8.10. The highest BCUT2D eigenvalue weighted by molar-refractivity contribution is 5.94. The molecule has 1 amide bonds. The lowest BCUT2D eigenvalue weighted by Gasteiger charge is -2.20. The summed E-state index contributed by atoms with van der Waals surface area (Å²) in [6.45, 7) is 3.38. The second kappa shape index (κ2) is 6.10. The Morgan fingerprint density at radius 1 is 1.35 bits per heavy atom. The molecule has 0 bridgehead atoms. The molecule has 0 saturated heterocycles. The first-order valence-corrected chi connectivity index (χ1v) is 5.40. The van der Waals surface area contributed by atoms with Crippen LogP contribution >= 0.6 is 0 Å². The quantitative estimate of drug-likeness (QED) is 0.758. The molecule has 0 fully saturated rings. The summed E-state index contributed by atoms with van der Waals surface area (Å²) in [6, 6.07) is 4.03. The third-order valence-electron chi connectivity index (χ3n) is 2.46. The van der Waals surface area contributed by atoms with Crippen LogP contribution < -0.4 is 0 Å². The zero-order chi connectivity index (χ0) is 12.8. The van der Waals surface area contributed by atoms with Crippen molar-refractivity contribution in [1.29, 1.82) is 0 Å². The third kappa shape index (κ3) is 3.35. The van der Waals surface area contributed by atoms with Crippen LogP contribution in [0.25, 0.3) is 0 Å². The van der Waals surface area contributed by atoms with Crippen LogP contribution in [0, 0.1) is 0 Å². The molecular weight excluding hydrogens is 222 g/mol. The maximum absolute atomic E-state index is 12.0. The second-order valence-corrected chi connectivity index (χ2v) is 3.58. The zero-order valence-electron chi connectivity index (χ0n) is 10.0. The van der Waals surface area contributed by atoms with Gasteiger partial charge >= 0.3 is 0 Å². The summed E-state index contributed by atoms with van der Waals surface area (Å²) in [5.74, 6) is -0.722. The van der Waals surface area contributed by atoms with Crippen LogP contribution in [-0.4, -0.2) is 47.8 Å². The molecule has 94 valence electrons. The fraction of sp³-hybridized carbons (Fsp3) is 0.417. The van der Waals surface area contributed by atoms with E-state index in [1.165, 1.54) is 18.2 Å². The molecule has 0 heterocycles. The first kappa shape index (κ1) is 13.3. The van der Waals surface area contributed by atoms with Crippen molar-refractivity contribution in [3.05, 3.63) is 23.8 Å². The van der Waals surface area contributed by atoms with Crippen LogP contribution in [0.5, 0.6) is 11.5 Å². The maximum atomic E-state index is 12.0. The zero-order valence-corrected chi connectivity index (χ0v) is 10.0. The Labute approximate surface area is 100 Å². The lowest BCUT2D eigenvalue weighted by molar-refractivity contribution is 0.0706. The van der Waals surface area contributed by atoms with Crippen LogP contribution in [0.15, 0.2) is 18.2 Å². The monoisotopic (exact) mass is 239 g/mol. The van der Waals surface area contributed by atoms with Gasteiger partial charge in [-0.25, -0.2) is 0 Å². The standard InChI is InChI=1S/C12H17NO4/c1-3-13(6-7-17-2)12(16)9-4-5-10(14)11(15)8-9/h4-5,8,14-15H,3,6-7H2,1-2H3. The Morgan fingerprint density at radius 3 is 2.59 bits per heavy atom. The molecule has 0 aliphatic heterocycles. The number of hydrogen-bond donors (Lipinski definition) is 2. The van der Waals surface area contributed by atoms with Crippen LogP contribution in [0.3, 0.4) is 0 Å². The number of ether oxygens (including phenoxy) is 1. The number of likely N-dealkylation sites (N-methyl/N-ethyl adjacent to an activating group) is 1. The summed E-state index contributed by atoms with van der Waals surface area (Å²) in [7, 11) is 1.57. The third-order valence-corrected chi connectivity index (χ3v) is 2.46. The number of rotatable bonds is 5. The summed E-state index contributed by atoms with van der Waals surface area (Å²) in [6.07, 6.45) is 0. The SMILES string of the molecule is CCN(CCOC)C(=O)c1ccc(O)c(O)c1. The van der Waals surface area contributed by atoms with E-state index in [2.05, 4.69) is 0 Å². The normalized spacial score (nSPS) is 10.2. The fourth-order valence-electron chi connectivity index (χ4n) is 1.44. The molecule has 2 N–H and O–H groups in total. The highest BCUT2D eigenvalue weighted by Crippen LogP contribution is 2.25. The van der Waals surface area contributed by atoms with E-state index in [1.54, 1.807) is 12.0 Å². The van der Waals surface area contributed by atoms with E-state index in [-0.39, 0.29) is 17.4 Å². The largest absolute Gasteiger partial charge is 0.504 e. The van der Waals surface area contributed by atoms with Crippen molar-refractivity contribution >= 4 is 5.91 Å². The van der Waals surface area contributed by atoms with Crippen LogP contribution in [-0.2, 0) is 4.74 Å². The minimum Gasteiger partial charge on any atom is -0.504 e. The van der Waals surface area contributed by atoms with E-state index in [0.29, 0.717) is 25.3 Å². The van der Waals surface area contributed by atoms with Gasteiger partial charge in [0.1, 0.15) is 0 Å². The number of methoxy groups -OCH3 is 1. The number of phenolic OH excluding ortho intramolecular Hbond substituents is 2. The van der Waals surface area contributed by atoms with Crippen molar-refractivity contribution in [2.24, 2.45) is 0 Å². The van der Waals surface area contributed by atoms with Crippen molar-refractivity contribution in [3.63, 3.8) is 0 Å². The average molecular weight is 239 g/mol. The summed E-state index contributed by atoms with van der Waals surface area (Å²) in [5.41, 5.74) is 0.346. The Kier molecular flexibility index (Phi) is 4.78. The van der Waals surface area contributed by atoms with E-state index in [9.17, 15) is 9.90 Å². The molecule has 17 heavy (non-hydrogen) atoms. The molecule has 5 nitrogen and oxygen atoms in total. The fourth-order valence-corrected chi connectivity index (χ4v) is 1.44. The van der Waals surface area contributed by atoms with Gasteiger partial charge in [-0.2, -0.15) is 0 Å². The Bertz CT molecular complexity index is 392. The number of hydrogen-bond acceptors (Lipinski definition) is 4. The first-order valence-electron chi connectivity index (χ1n) is 5.40. The lowest BCUT2D eigenvalue weighted by Crippen LogP contribution is -2.33. The molecule has 1 aromatic rings. The van der Waals surface area contributed by atoms with Gasteiger partial charge in [0.15, 0.2) is 11.5 Å². The van der Waals surface area contributed by atoms with E-state index >= 15 is 0 Å². The summed E-state index contributed by atoms with van der Waals surface area (Å²) >= 11 is 0. The van der Waals surface area contributed by atoms with E-state index in [0.717, 1.165) is 0 Å². The highest BCUT2D eigenvalue weighted by Gasteiger charge is 2.15. The molecule has 1 aromatic carbocycles. The van der Waals surface area contributed by atoms with Crippen molar-refractivity contribution in [2.75, 3.05) is 26.8 Å². The number of nitrogens with zero attached hydrogens (tertiary/aromatic N) is 1. The Hall–Kier alpha value is -1.75. The molecule has 0 radical (unpaired) electrons. The predicted molar refractivity (Wildman–Crippen MR) is 63.2 cm³/mol. The lowest BCUT2D eigenvalue weighted by atomic mass is 10.1. The smallest absolute Gasteiger partial charge is 0.254 e. The van der Waals surface area contributed by atoms with Gasteiger partial charge in [0.25, 0.3) is 5.91 Å². The van der Waals surface area contributed by atoms with E-state index < -0.39 is 0 Å². The Morgan fingerprint density at radius 2 is 2.06 bits per heavy atom. The number of carbonyl (C=O) groups excluding carboxylic acids is 1. The molecule has 0 spiro atoms. The van der Waals surface area contributed by atoms with Crippen molar-refractivity contribution < 1.29 is 19.7 Å². The summed E-state index contributed by atoms with van der Waals surface area (Å²) < 4.78 is 4.92. The molecule has 0 unspecified atom stereocenters. The molecular formula is C12H17NO4. The van der Waals surface area contributed by atoms with Gasteiger partial charge in [-0.3, -0.25) is 4.79 Å².